The molecule has 1 aliphatic heterocycles. The number of nitrogens with two attached hydrogens (primary N) is 9. The third-order valence-electron chi connectivity index (χ3n) is 9.60. The summed E-state index contributed by atoms with van der Waals surface area (Å²) in [4.78, 5) is 139. The maximum Gasteiger partial charge on any atom is 0.284 e. The number of thioether (sulfide) groups is 1. The van der Waals surface area contributed by atoms with Crippen LogP contribution in [0.1, 0.15) is 123 Å². The van der Waals surface area contributed by atoms with Gasteiger partial charge in [-0.3, -0.25) is 53.3 Å². The van der Waals surface area contributed by atoms with E-state index in [1.54, 1.807) is 11.8 Å². The number of aliphatic carboxylic acids is 3. The van der Waals surface area contributed by atoms with Crippen molar-refractivity contribution in [2.75, 3.05) is 100 Å². The van der Waals surface area contributed by atoms with E-state index in [1.807, 2.05) is 105 Å². The van der Waals surface area contributed by atoms with Gasteiger partial charge in [-0.25, -0.2) is 0 Å². The van der Waals surface area contributed by atoms with Crippen LogP contribution in [-0.4, -0.2) is 245 Å². The van der Waals surface area contributed by atoms with Gasteiger partial charge >= 0.3 is 0 Å². The average Bonchev–Trinajstić information content (AvgIpc) is 1.89. The van der Waals surface area contributed by atoms with E-state index in [9.17, 15) is 77.6 Å². The predicted molar refractivity (Wildman–Crippen MR) is 399 cm³/mol. The highest BCUT2D eigenvalue weighted by atomic mass is 33.1. The third-order valence-corrected chi connectivity index (χ3v) is 20.3. The molecular weight excluding hydrogens is 1430 g/mol. The quantitative estimate of drug-likeness (QED) is 0.00725. The fraction of sp³-hybridized carbons (Fsp3) is 0.776. The zero-order valence-electron chi connectivity index (χ0n) is 60.2. The summed E-state index contributed by atoms with van der Waals surface area (Å²) in [5.41, 5.74) is 46.5. The standard InChI is InChI=1S/C11H22N4O2S.C10H22N4O3.C9H17N3O3.C9H15O6P.2C6H15NS2.C5H9N3O3.C2H7NS/c1-11(2,3)15-8(16)7(12)6-14-9(17)10-13-4-5-18-10;1-10(2,3)14-9(17)6(11)4-13-8(16)7(12)5-15;1-9(2,3)12-8(15)6(10)4-11-7(14)5-13;10-7(11)1-4-16(5-2-8(12)13)6-3-9(14)15;2*1-6(2,3)9-8-5-4-7;6-3(5(7)11)1-8-4(10)2-9;3-1-2-4/h7,10,13H,4-6,12H2,1-3H3,(H,14,17)(H,15,16);6-7,15H,4-5,11-12H2,1-3H3,(H,13,16)(H,14,17);5-6H,4,10H2,1-3H3,(H,11,14)(H,12,15);1-6H2,(H,10,11)(H,12,13)(H,14,15);2*4-5,7H2,1-3H3;2-3H,1,6H2,(H2,7,11)(H,8,10);4H,1-3H2/p-3. The Morgan fingerprint density at radius 1 is 0.535 bits per heavy atom. The highest BCUT2D eigenvalue weighted by molar-refractivity contribution is 8.77. The number of carbonyl (C=O) groups is 13. The van der Waals surface area contributed by atoms with Crippen LogP contribution in [0.5, 0.6) is 0 Å². The first-order valence-corrected chi connectivity index (χ1v) is 39.1. The van der Waals surface area contributed by atoms with Crippen molar-refractivity contribution >= 4 is 153 Å². The van der Waals surface area contributed by atoms with Crippen molar-refractivity contribution in [2.24, 2.45) is 51.6 Å². The van der Waals surface area contributed by atoms with Gasteiger partial charge in [-0.05, 0) is 100 Å². The van der Waals surface area contributed by atoms with Gasteiger partial charge in [0.25, 0.3) is 11.8 Å². The smallest absolute Gasteiger partial charge is 0.284 e. The van der Waals surface area contributed by atoms with Crippen LogP contribution in [0.2, 0.25) is 0 Å². The second-order valence-electron chi connectivity index (χ2n) is 25.6. The van der Waals surface area contributed by atoms with E-state index in [1.165, 1.54) is 0 Å². The number of carboxylic acids is 3. The molecule has 41 heteroatoms. The van der Waals surface area contributed by atoms with Crippen molar-refractivity contribution in [1.82, 2.24) is 42.5 Å². The van der Waals surface area contributed by atoms with E-state index < -0.39 is 86.3 Å². The molecule has 6 atom stereocenters. The van der Waals surface area contributed by atoms with Crippen molar-refractivity contribution in [3.05, 3.63) is 0 Å². The predicted octanol–water partition coefficient (Wildman–Crippen LogP) is -6.66. The van der Waals surface area contributed by atoms with Crippen LogP contribution in [0.3, 0.4) is 0 Å². The Labute approximate surface area is 611 Å². The van der Waals surface area contributed by atoms with Gasteiger partial charge in [-0.15, -0.1) is 19.7 Å². The van der Waals surface area contributed by atoms with Crippen molar-refractivity contribution < 1.29 is 82.8 Å². The number of amides is 8. The first-order chi connectivity index (χ1) is 45.2. The van der Waals surface area contributed by atoms with Gasteiger partial charge in [0.1, 0.15) is 35.6 Å². The second kappa shape index (κ2) is 62.2. The van der Waals surface area contributed by atoms with Crippen LogP contribution in [0, 0.1) is 0 Å². The number of aliphatic hydroxyl groups is 1. The lowest BCUT2D eigenvalue weighted by Crippen LogP contribution is -2.54. The average molecular weight is 1550 g/mol. The third kappa shape index (κ3) is 86.0. The molecule has 0 aromatic heterocycles. The van der Waals surface area contributed by atoms with E-state index in [-0.39, 0.29) is 122 Å². The van der Waals surface area contributed by atoms with Gasteiger partial charge in [0.15, 0.2) is 0 Å². The zero-order valence-corrected chi connectivity index (χ0v) is 66.0. The van der Waals surface area contributed by atoms with Gasteiger partial charge < -0.3 is 124 Å². The van der Waals surface area contributed by atoms with E-state index in [0.717, 1.165) is 42.6 Å². The second-order valence-corrected chi connectivity index (χ2v) is 36.4. The van der Waals surface area contributed by atoms with E-state index in [4.69, 9.17) is 56.7 Å². The van der Waals surface area contributed by atoms with Crippen LogP contribution in [-0.2, 0) is 62.3 Å². The van der Waals surface area contributed by atoms with Crippen LogP contribution in [0.4, 0.5) is 0 Å². The Balaban J connectivity index is -0.000000200. The Morgan fingerprint density at radius 2 is 0.848 bits per heavy atom. The van der Waals surface area contributed by atoms with Crippen LogP contribution >= 0.6 is 75.5 Å². The maximum absolute atomic E-state index is 11.7. The number of hydrogen-bond acceptors (Lipinski definition) is 32. The number of carboxylic acid groups (broad SMARTS) is 3. The molecule has 6 unspecified atom stereocenters. The molecule has 0 saturated carbocycles. The minimum absolute atomic E-state index is 0.0194. The number of nitrogens with one attached hydrogen (secondary N) is 8. The Bertz CT molecular complexity index is 2250. The van der Waals surface area contributed by atoms with Crippen LogP contribution in [0.15, 0.2) is 0 Å². The summed E-state index contributed by atoms with van der Waals surface area (Å²) in [6, 6.07) is -4.36. The van der Waals surface area contributed by atoms with E-state index in [2.05, 4.69) is 96.7 Å². The molecule has 0 radical (unpaired) electrons. The minimum atomic E-state index is -1.21. The SMILES string of the molecule is CC(C)(C)NC(=O)C(N)CNC(=O)C(N)CO.CC(C)(C)NC(=O)C(N)CNC(=O)C1NCCS1.CC(C)(C)NC(=O)C(N)CNC(=O)C=O.CC(C)(C)SSCCN.CC(C)(C)SSCCN.NC(=O)C(N)CNC(=O)C=O.NCCS.O=C([O-])CCP(CCC(=O)[O-])CCC(=O)[O-]. The number of aldehydes is 2. The van der Waals surface area contributed by atoms with Crippen molar-refractivity contribution in [3.63, 3.8) is 0 Å². The lowest BCUT2D eigenvalue weighted by atomic mass is 10.1. The molecule has 8 amide bonds. The molecular formula is C58H119N17O17PS6-3. The molecule has 1 rings (SSSR count). The number of primary amides is 1. The highest BCUT2D eigenvalue weighted by Crippen LogP contribution is 2.37. The largest absolute Gasteiger partial charge is 0.550 e. The Hall–Kier alpha value is -4.36. The van der Waals surface area contributed by atoms with Gasteiger partial charge in [0.05, 0.1) is 6.61 Å². The van der Waals surface area contributed by atoms with Gasteiger partial charge in [0.2, 0.25) is 48.0 Å². The molecule has 1 heterocycles. The van der Waals surface area contributed by atoms with Crippen LogP contribution < -0.4 is 109 Å². The Morgan fingerprint density at radius 3 is 1.09 bits per heavy atom. The van der Waals surface area contributed by atoms with E-state index in [0.29, 0.717) is 16.0 Å². The first kappa shape index (κ1) is 108. The maximum atomic E-state index is 11.7. The van der Waals surface area contributed by atoms with Gasteiger partial charge in [-0.2, -0.15) is 12.6 Å². The molecule has 1 saturated heterocycles. The molecule has 1 aliphatic rings. The lowest BCUT2D eigenvalue weighted by Gasteiger charge is -2.23. The monoisotopic (exact) mass is 1550 g/mol. The highest BCUT2D eigenvalue weighted by Gasteiger charge is 2.26. The zero-order chi connectivity index (χ0) is 78.9. The van der Waals surface area contributed by atoms with E-state index >= 15 is 0 Å². The summed E-state index contributed by atoms with van der Waals surface area (Å²) in [5.74, 6) is -3.76. The Kier molecular flexibility index (Phi) is 67.9. The summed E-state index contributed by atoms with van der Waals surface area (Å²) in [6.45, 7) is 32.5. The fourth-order valence-electron chi connectivity index (χ4n) is 5.21. The molecule has 0 bridgehead atoms. The summed E-state index contributed by atoms with van der Waals surface area (Å²) in [5, 5.41) is 59.6. The molecule has 0 aromatic rings. The van der Waals surface area contributed by atoms with Crippen molar-refractivity contribution in [1.29, 1.82) is 0 Å². The van der Waals surface area contributed by atoms with Crippen LogP contribution in [0.25, 0.3) is 0 Å². The molecule has 0 aromatic carbocycles. The number of rotatable bonds is 33. The minimum Gasteiger partial charge on any atom is -0.550 e. The molecule has 99 heavy (non-hydrogen) atoms. The summed E-state index contributed by atoms with van der Waals surface area (Å²) in [6.07, 6.45) is 0.528. The van der Waals surface area contributed by atoms with Gasteiger partial charge in [-0.1, -0.05) is 84.7 Å². The summed E-state index contributed by atoms with van der Waals surface area (Å²) in [7, 11) is 6.57. The lowest BCUT2D eigenvalue weighted by molar-refractivity contribution is -0.306. The molecule has 0 aliphatic carbocycles. The number of aliphatic hydroxyl groups excluding tert-OH is 1. The first-order valence-electron chi connectivity index (χ1n) is 30.9. The van der Waals surface area contributed by atoms with Crippen molar-refractivity contribution in [3.8, 4) is 0 Å². The van der Waals surface area contributed by atoms with Crippen molar-refractivity contribution in [2.45, 2.75) is 185 Å². The molecule has 582 valence electrons. The number of hydrogen-bond donors (Lipinski definition) is 19. The molecule has 27 N–H and O–H groups in total. The molecule has 0 spiro atoms. The molecule has 34 nitrogen and oxygen atoms in total. The normalized spacial score (nSPS) is 13.9. The summed E-state index contributed by atoms with van der Waals surface area (Å²) < 4.78 is 0.750. The number of carbonyl (C=O) groups excluding carboxylic acids is 13. The fourth-order valence-corrected chi connectivity index (χ4v) is 12.6. The van der Waals surface area contributed by atoms with Gasteiger partial charge in [0, 0.05) is 119 Å². The number of thiol groups is 1. The topological polar surface area (TPSA) is 642 Å². The molecule has 1 fully saturated rings. The summed E-state index contributed by atoms with van der Waals surface area (Å²) >= 11 is 5.35.